The van der Waals surface area contributed by atoms with Gasteiger partial charge in [-0.15, -0.1) is 0 Å². The highest BCUT2D eigenvalue weighted by Crippen LogP contribution is 2.32. The molecule has 2 fully saturated rings. The van der Waals surface area contributed by atoms with E-state index in [9.17, 15) is 4.79 Å². The van der Waals surface area contributed by atoms with Gasteiger partial charge in [-0.2, -0.15) is 0 Å². The maximum absolute atomic E-state index is 10.4. The number of hydrogen-bond donors (Lipinski definition) is 0. The fourth-order valence-electron chi connectivity index (χ4n) is 2.27. The molecule has 0 atom stereocenters. The van der Waals surface area contributed by atoms with Crippen molar-refractivity contribution in [1.29, 1.82) is 0 Å². The van der Waals surface area contributed by atoms with Crippen molar-refractivity contribution >= 4 is 6.29 Å². The minimum absolute atomic E-state index is 0.354. The molecule has 2 aliphatic heterocycles. The van der Waals surface area contributed by atoms with E-state index in [1.54, 1.807) is 6.08 Å². The average molecular weight is 249 g/mol. The summed E-state index contributed by atoms with van der Waals surface area (Å²) in [5.74, 6) is -0.354. The molecule has 98 valence electrons. The lowest BCUT2D eigenvalue weighted by Gasteiger charge is -2.38. The van der Waals surface area contributed by atoms with E-state index in [0.29, 0.717) is 18.8 Å². The molecule has 2 rings (SSSR count). The molecule has 0 aromatic heterocycles. The molecule has 0 aromatic carbocycles. The SMILES string of the molecule is C=C(C=O)/C=C\C(=C)N1CCC2(CC1)OCCO2. The van der Waals surface area contributed by atoms with Crippen molar-refractivity contribution in [3.05, 3.63) is 36.6 Å². The number of nitrogens with zero attached hydrogens (tertiary/aromatic N) is 1. The van der Waals surface area contributed by atoms with Crippen molar-refractivity contribution in [3.63, 3.8) is 0 Å². The first kappa shape index (κ1) is 13.1. The highest BCUT2D eigenvalue weighted by Gasteiger charge is 2.39. The fourth-order valence-corrected chi connectivity index (χ4v) is 2.27. The molecule has 1 spiro atoms. The number of piperidine rings is 1. The van der Waals surface area contributed by atoms with Crippen LogP contribution in [0.3, 0.4) is 0 Å². The normalized spacial score (nSPS) is 22.6. The molecule has 2 saturated heterocycles. The van der Waals surface area contributed by atoms with Gasteiger partial charge in [0.1, 0.15) is 6.29 Å². The standard InChI is InChI=1S/C14H19NO3/c1-12(11-16)3-4-13(2)15-7-5-14(6-8-15)17-9-10-18-14/h3-4,11H,1-2,5-10H2/b4-3-. The Morgan fingerprint density at radius 2 is 1.72 bits per heavy atom. The Balaban J connectivity index is 1.85. The number of rotatable bonds is 4. The van der Waals surface area contributed by atoms with Crippen molar-refractivity contribution in [2.24, 2.45) is 0 Å². The summed E-state index contributed by atoms with van der Waals surface area (Å²) >= 11 is 0. The third kappa shape index (κ3) is 2.89. The zero-order valence-electron chi connectivity index (χ0n) is 10.6. The second-order valence-electron chi connectivity index (χ2n) is 4.61. The zero-order chi connectivity index (χ0) is 13.0. The molecule has 0 N–H and O–H groups in total. The first-order valence-corrected chi connectivity index (χ1v) is 6.19. The van der Waals surface area contributed by atoms with Crippen LogP contribution in [0.2, 0.25) is 0 Å². The third-order valence-electron chi connectivity index (χ3n) is 3.39. The molecule has 4 heteroatoms. The predicted octanol–water partition coefficient (Wildman–Crippen LogP) is 1.65. The molecule has 0 unspecified atom stereocenters. The minimum Gasteiger partial charge on any atom is -0.372 e. The topological polar surface area (TPSA) is 38.8 Å². The number of carbonyl (C=O) groups is 1. The van der Waals surface area contributed by atoms with Crippen LogP contribution in [0.4, 0.5) is 0 Å². The van der Waals surface area contributed by atoms with Crippen LogP contribution in [-0.2, 0) is 14.3 Å². The molecule has 0 aliphatic carbocycles. The maximum Gasteiger partial charge on any atom is 0.171 e. The summed E-state index contributed by atoms with van der Waals surface area (Å²) in [5.41, 5.74) is 1.35. The van der Waals surface area contributed by atoms with E-state index in [0.717, 1.165) is 37.9 Å². The van der Waals surface area contributed by atoms with Gasteiger partial charge >= 0.3 is 0 Å². The smallest absolute Gasteiger partial charge is 0.171 e. The molecular formula is C14H19NO3. The Labute approximate surface area is 108 Å². The number of hydrogen-bond acceptors (Lipinski definition) is 4. The van der Waals surface area contributed by atoms with Gasteiger partial charge in [0.05, 0.1) is 13.2 Å². The summed E-state index contributed by atoms with van der Waals surface area (Å²) in [6, 6.07) is 0. The van der Waals surface area contributed by atoms with Gasteiger partial charge < -0.3 is 14.4 Å². The molecule has 18 heavy (non-hydrogen) atoms. The van der Waals surface area contributed by atoms with Gasteiger partial charge in [-0.05, 0) is 6.08 Å². The van der Waals surface area contributed by atoms with Crippen LogP contribution >= 0.6 is 0 Å². The summed E-state index contributed by atoms with van der Waals surface area (Å²) in [6.45, 7) is 10.7. The minimum atomic E-state index is -0.354. The highest BCUT2D eigenvalue weighted by molar-refractivity contribution is 5.76. The lowest BCUT2D eigenvalue weighted by molar-refractivity contribution is -0.182. The van der Waals surface area contributed by atoms with Gasteiger partial charge in [-0.25, -0.2) is 0 Å². The van der Waals surface area contributed by atoms with Crippen LogP contribution in [0.25, 0.3) is 0 Å². The summed E-state index contributed by atoms with van der Waals surface area (Å²) in [7, 11) is 0. The summed E-state index contributed by atoms with van der Waals surface area (Å²) in [4.78, 5) is 12.6. The number of carbonyl (C=O) groups excluding carboxylic acids is 1. The molecule has 0 aromatic rings. The summed E-state index contributed by atoms with van der Waals surface area (Å²) in [5, 5.41) is 0. The zero-order valence-corrected chi connectivity index (χ0v) is 10.6. The van der Waals surface area contributed by atoms with E-state index in [4.69, 9.17) is 9.47 Å². The molecule has 0 saturated carbocycles. The number of ether oxygens (including phenoxy) is 2. The molecule has 2 heterocycles. The summed E-state index contributed by atoms with van der Waals surface area (Å²) in [6.07, 6.45) is 5.95. The van der Waals surface area contributed by atoms with E-state index in [2.05, 4.69) is 18.1 Å². The molecule has 4 nitrogen and oxygen atoms in total. The average Bonchev–Trinajstić information content (AvgIpc) is 2.84. The van der Waals surface area contributed by atoms with Crippen LogP contribution < -0.4 is 0 Å². The van der Waals surface area contributed by atoms with E-state index < -0.39 is 0 Å². The van der Waals surface area contributed by atoms with E-state index in [1.807, 2.05) is 6.08 Å². The third-order valence-corrected chi connectivity index (χ3v) is 3.39. The second-order valence-corrected chi connectivity index (χ2v) is 4.61. The maximum atomic E-state index is 10.4. The van der Waals surface area contributed by atoms with E-state index >= 15 is 0 Å². The highest BCUT2D eigenvalue weighted by atomic mass is 16.7. The van der Waals surface area contributed by atoms with Gasteiger partial charge in [0.15, 0.2) is 5.79 Å². The van der Waals surface area contributed by atoms with Crippen LogP contribution in [0.15, 0.2) is 36.6 Å². The number of aldehydes is 1. The van der Waals surface area contributed by atoms with Crippen molar-refractivity contribution in [2.45, 2.75) is 18.6 Å². The largest absolute Gasteiger partial charge is 0.372 e. The Bertz CT molecular complexity index is 371. The van der Waals surface area contributed by atoms with Gasteiger partial charge in [0.25, 0.3) is 0 Å². The summed E-state index contributed by atoms with van der Waals surface area (Å²) < 4.78 is 11.3. The second kappa shape index (κ2) is 5.50. The fraction of sp³-hybridized carbons (Fsp3) is 0.500. The monoisotopic (exact) mass is 249 g/mol. The van der Waals surface area contributed by atoms with E-state index in [-0.39, 0.29) is 5.79 Å². The van der Waals surface area contributed by atoms with Crippen LogP contribution in [0.1, 0.15) is 12.8 Å². The Morgan fingerprint density at radius 3 is 2.28 bits per heavy atom. The van der Waals surface area contributed by atoms with E-state index in [1.165, 1.54) is 0 Å². The van der Waals surface area contributed by atoms with Crippen molar-refractivity contribution < 1.29 is 14.3 Å². The lowest BCUT2D eigenvalue weighted by atomic mass is 10.0. The first-order valence-electron chi connectivity index (χ1n) is 6.19. The van der Waals surface area contributed by atoms with Crippen LogP contribution in [0, 0.1) is 0 Å². The van der Waals surface area contributed by atoms with Gasteiger partial charge in [0.2, 0.25) is 0 Å². The Morgan fingerprint density at radius 1 is 1.11 bits per heavy atom. The van der Waals surface area contributed by atoms with Gasteiger partial charge in [0, 0.05) is 37.2 Å². The van der Waals surface area contributed by atoms with Crippen molar-refractivity contribution in [3.8, 4) is 0 Å². The first-order chi connectivity index (χ1) is 8.65. The van der Waals surface area contributed by atoms with Crippen LogP contribution in [-0.4, -0.2) is 43.3 Å². The molecular weight excluding hydrogens is 230 g/mol. The van der Waals surface area contributed by atoms with Crippen molar-refractivity contribution in [2.75, 3.05) is 26.3 Å². The molecule has 2 aliphatic rings. The molecule has 0 radical (unpaired) electrons. The van der Waals surface area contributed by atoms with Crippen LogP contribution in [0.5, 0.6) is 0 Å². The lowest BCUT2D eigenvalue weighted by Crippen LogP contribution is -2.44. The predicted molar refractivity (Wildman–Crippen MR) is 68.9 cm³/mol. The van der Waals surface area contributed by atoms with Gasteiger partial charge in [-0.3, -0.25) is 4.79 Å². The van der Waals surface area contributed by atoms with Crippen molar-refractivity contribution in [1.82, 2.24) is 4.90 Å². The number of likely N-dealkylation sites (tertiary alicyclic amines) is 1. The Kier molecular flexibility index (Phi) is 3.99. The molecule has 0 amide bonds. The Hall–Kier alpha value is -1.39. The quantitative estimate of drug-likeness (QED) is 0.431. The van der Waals surface area contributed by atoms with Gasteiger partial charge in [-0.1, -0.05) is 19.2 Å². The molecule has 0 bridgehead atoms. The number of allylic oxidation sites excluding steroid dienone is 3.